The number of aromatic nitrogens is 2. The highest BCUT2D eigenvalue weighted by atomic mass is 16.5. The number of hydrogen-bond donors (Lipinski definition) is 2. The third-order valence-electron chi connectivity index (χ3n) is 2.26. The maximum atomic E-state index is 11.1. The molecular formula is C11H18N4O2. The summed E-state index contributed by atoms with van der Waals surface area (Å²) in [4.78, 5) is 19.2. The fourth-order valence-electron chi connectivity index (χ4n) is 1.44. The lowest BCUT2D eigenvalue weighted by Crippen LogP contribution is -2.14. The second kappa shape index (κ2) is 6.67. The predicted molar refractivity (Wildman–Crippen MR) is 65.6 cm³/mol. The van der Waals surface area contributed by atoms with Crippen LogP contribution in [0.5, 0.6) is 0 Å². The molecule has 6 nitrogen and oxygen atoms in total. The highest BCUT2D eigenvalue weighted by Crippen LogP contribution is 2.17. The molecule has 94 valence electrons. The van der Waals surface area contributed by atoms with Crippen LogP contribution in [0.15, 0.2) is 6.33 Å². The first-order valence-corrected chi connectivity index (χ1v) is 5.67. The quantitative estimate of drug-likeness (QED) is 0.718. The van der Waals surface area contributed by atoms with Crippen LogP contribution in [0.4, 0.5) is 11.6 Å². The van der Waals surface area contributed by atoms with E-state index in [1.165, 1.54) is 6.33 Å². The summed E-state index contributed by atoms with van der Waals surface area (Å²) in [6.07, 6.45) is 2.45. The molecule has 17 heavy (non-hydrogen) atoms. The van der Waals surface area contributed by atoms with Crippen molar-refractivity contribution in [2.75, 3.05) is 24.2 Å². The number of nitrogens with one attached hydrogen (secondary N) is 1. The van der Waals surface area contributed by atoms with Gasteiger partial charge in [0.1, 0.15) is 18.0 Å². The van der Waals surface area contributed by atoms with Gasteiger partial charge in [-0.2, -0.15) is 0 Å². The van der Waals surface area contributed by atoms with Crippen LogP contribution in [0.25, 0.3) is 0 Å². The summed E-state index contributed by atoms with van der Waals surface area (Å²) >= 11 is 0. The fraction of sp³-hybridized carbons (Fsp3) is 0.545. The second-order valence-corrected chi connectivity index (χ2v) is 3.42. The molecule has 0 saturated carbocycles. The molecule has 0 unspecified atom stereocenters. The molecule has 0 spiro atoms. The molecule has 0 radical (unpaired) electrons. The lowest BCUT2D eigenvalue weighted by Gasteiger charge is -2.10. The van der Waals surface area contributed by atoms with Gasteiger partial charge in [-0.1, -0.05) is 6.92 Å². The average Bonchev–Trinajstić information content (AvgIpc) is 2.29. The molecule has 0 atom stereocenters. The Balaban J connectivity index is 2.52. The summed E-state index contributed by atoms with van der Waals surface area (Å²) in [5, 5.41) is 3.06. The minimum Gasteiger partial charge on any atom is -0.466 e. The first kappa shape index (κ1) is 13.2. The molecule has 6 heteroatoms. The van der Waals surface area contributed by atoms with Crippen molar-refractivity contribution in [1.29, 1.82) is 0 Å². The van der Waals surface area contributed by atoms with Crippen LogP contribution in [-0.2, 0) is 16.0 Å². The first-order valence-electron chi connectivity index (χ1n) is 5.67. The van der Waals surface area contributed by atoms with Crippen LogP contribution in [0.3, 0.4) is 0 Å². The van der Waals surface area contributed by atoms with Crippen molar-refractivity contribution < 1.29 is 9.53 Å². The maximum absolute atomic E-state index is 11.1. The van der Waals surface area contributed by atoms with Crippen molar-refractivity contribution in [1.82, 2.24) is 9.97 Å². The number of anilines is 2. The molecule has 0 aliphatic heterocycles. The van der Waals surface area contributed by atoms with Gasteiger partial charge in [-0.15, -0.1) is 0 Å². The van der Waals surface area contributed by atoms with Gasteiger partial charge in [0, 0.05) is 12.1 Å². The molecule has 0 amide bonds. The van der Waals surface area contributed by atoms with E-state index in [-0.39, 0.29) is 5.97 Å². The summed E-state index contributed by atoms with van der Waals surface area (Å²) in [6, 6.07) is 0. The number of carbonyl (C=O) groups is 1. The number of nitrogen functional groups attached to an aromatic ring is 1. The van der Waals surface area contributed by atoms with E-state index < -0.39 is 0 Å². The van der Waals surface area contributed by atoms with Crippen molar-refractivity contribution in [3.63, 3.8) is 0 Å². The largest absolute Gasteiger partial charge is 0.466 e. The molecule has 0 saturated heterocycles. The Labute approximate surface area is 101 Å². The van der Waals surface area contributed by atoms with Crippen LogP contribution in [0.1, 0.15) is 25.8 Å². The third-order valence-corrected chi connectivity index (χ3v) is 2.26. The fourth-order valence-corrected chi connectivity index (χ4v) is 1.44. The highest BCUT2D eigenvalue weighted by Gasteiger charge is 2.07. The molecule has 0 aliphatic carbocycles. The molecule has 1 rings (SSSR count). The lowest BCUT2D eigenvalue weighted by atomic mass is 10.2. The van der Waals surface area contributed by atoms with Crippen molar-refractivity contribution >= 4 is 17.6 Å². The Morgan fingerprint density at radius 2 is 2.24 bits per heavy atom. The van der Waals surface area contributed by atoms with Gasteiger partial charge in [-0.25, -0.2) is 9.97 Å². The molecule has 0 aromatic carbocycles. The Kier molecular flexibility index (Phi) is 5.19. The van der Waals surface area contributed by atoms with Crippen molar-refractivity contribution in [3.05, 3.63) is 11.9 Å². The molecule has 3 N–H and O–H groups in total. The predicted octanol–water partition coefficient (Wildman–Crippen LogP) is 0.986. The number of carbonyl (C=O) groups excluding carboxylic acids is 1. The summed E-state index contributed by atoms with van der Waals surface area (Å²) in [5.74, 6) is 0.936. The summed E-state index contributed by atoms with van der Waals surface area (Å²) in [6.45, 7) is 4.64. The second-order valence-electron chi connectivity index (χ2n) is 3.42. The lowest BCUT2D eigenvalue weighted by molar-refractivity contribution is -0.142. The van der Waals surface area contributed by atoms with Crippen LogP contribution in [0, 0.1) is 0 Å². The normalized spacial score (nSPS) is 10.0. The van der Waals surface area contributed by atoms with Crippen LogP contribution < -0.4 is 11.1 Å². The molecule has 1 aromatic rings. The SMILES string of the molecule is CCOC(=O)CCNc1ncnc(N)c1CC. The van der Waals surface area contributed by atoms with Gasteiger partial charge in [0.2, 0.25) is 0 Å². The smallest absolute Gasteiger partial charge is 0.307 e. The van der Waals surface area contributed by atoms with Crippen LogP contribution in [-0.4, -0.2) is 29.1 Å². The molecular weight excluding hydrogens is 220 g/mol. The maximum Gasteiger partial charge on any atom is 0.307 e. The van der Waals surface area contributed by atoms with Gasteiger partial charge in [-0.05, 0) is 13.3 Å². The number of esters is 1. The summed E-state index contributed by atoms with van der Waals surface area (Å²) < 4.78 is 4.82. The Morgan fingerprint density at radius 3 is 2.88 bits per heavy atom. The number of rotatable bonds is 6. The van der Waals surface area contributed by atoms with E-state index in [1.54, 1.807) is 6.92 Å². The molecule has 0 fully saturated rings. The first-order chi connectivity index (χ1) is 8.19. The van der Waals surface area contributed by atoms with Crippen LogP contribution in [0.2, 0.25) is 0 Å². The standard InChI is InChI=1S/C11H18N4O2/c1-3-8-10(12)14-7-15-11(8)13-6-5-9(16)17-4-2/h7H,3-6H2,1-2H3,(H3,12,13,14,15). The number of ether oxygens (including phenoxy) is 1. The highest BCUT2D eigenvalue weighted by molar-refractivity contribution is 5.70. The van der Waals surface area contributed by atoms with Crippen molar-refractivity contribution in [2.24, 2.45) is 0 Å². The van der Waals surface area contributed by atoms with Crippen molar-refractivity contribution in [3.8, 4) is 0 Å². The van der Waals surface area contributed by atoms with Gasteiger partial charge in [0.25, 0.3) is 0 Å². The van der Waals surface area contributed by atoms with Gasteiger partial charge in [-0.3, -0.25) is 4.79 Å². The number of nitrogens with zero attached hydrogens (tertiary/aromatic N) is 2. The van der Waals surface area contributed by atoms with E-state index in [1.807, 2.05) is 6.92 Å². The van der Waals surface area contributed by atoms with Gasteiger partial charge in [0.15, 0.2) is 0 Å². The average molecular weight is 238 g/mol. The Hall–Kier alpha value is -1.85. The van der Waals surface area contributed by atoms with Gasteiger partial charge >= 0.3 is 5.97 Å². The Morgan fingerprint density at radius 1 is 1.47 bits per heavy atom. The van der Waals surface area contributed by atoms with Crippen molar-refractivity contribution in [2.45, 2.75) is 26.7 Å². The molecule has 1 heterocycles. The van der Waals surface area contributed by atoms with E-state index >= 15 is 0 Å². The summed E-state index contributed by atoms with van der Waals surface area (Å²) in [7, 11) is 0. The van der Waals surface area contributed by atoms with E-state index in [9.17, 15) is 4.79 Å². The monoisotopic (exact) mass is 238 g/mol. The van der Waals surface area contributed by atoms with E-state index in [0.717, 1.165) is 12.0 Å². The zero-order valence-corrected chi connectivity index (χ0v) is 10.2. The minimum atomic E-state index is -0.222. The van der Waals surface area contributed by atoms with E-state index in [0.29, 0.717) is 31.2 Å². The zero-order chi connectivity index (χ0) is 12.7. The third kappa shape index (κ3) is 3.90. The van der Waals surface area contributed by atoms with Gasteiger partial charge in [0.05, 0.1) is 13.0 Å². The van der Waals surface area contributed by atoms with Crippen LogP contribution >= 0.6 is 0 Å². The summed E-state index contributed by atoms with van der Waals surface area (Å²) in [5.41, 5.74) is 6.60. The van der Waals surface area contributed by atoms with E-state index in [2.05, 4.69) is 15.3 Å². The molecule has 0 bridgehead atoms. The minimum absolute atomic E-state index is 0.222. The topological polar surface area (TPSA) is 90.1 Å². The molecule has 1 aromatic heterocycles. The van der Waals surface area contributed by atoms with E-state index in [4.69, 9.17) is 10.5 Å². The number of hydrogen-bond acceptors (Lipinski definition) is 6. The zero-order valence-electron chi connectivity index (χ0n) is 10.2. The number of nitrogens with two attached hydrogens (primary N) is 1. The molecule has 0 aliphatic rings. The Bertz CT molecular complexity index is 382. The van der Waals surface area contributed by atoms with Gasteiger partial charge < -0.3 is 15.8 Å².